The van der Waals surface area contributed by atoms with Gasteiger partial charge in [0.2, 0.25) is 4.96 Å². The van der Waals surface area contributed by atoms with Crippen LogP contribution < -0.4 is 10.5 Å². The van der Waals surface area contributed by atoms with E-state index in [2.05, 4.69) is 25.9 Å². The molecule has 0 saturated heterocycles. The van der Waals surface area contributed by atoms with Gasteiger partial charge in [0.15, 0.2) is 5.58 Å². The van der Waals surface area contributed by atoms with Crippen LogP contribution in [0.1, 0.15) is 11.1 Å². The van der Waals surface area contributed by atoms with Gasteiger partial charge in [-0.05, 0) is 31.5 Å². The van der Waals surface area contributed by atoms with Crippen molar-refractivity contribution in [2.24, 2.45) is 0 Å². The number of thiazole rings is 1. The lowest BCUT2D eigenvalue weighted by Crippen LogP contribution is -2.14. The minimum absolute atomic E-state index is 0.0384. The molecule has 2 N–H and O–H groups in total. The van der Waals surface area contributed by atoms with Crippen molar-refractivity contribution in [2.45, 2.75) is 18.7 Å². The smallest absolute Gasteiger partial charge is 0.408 e. The van der Waals surface area contributed by atoms with E-state index in [1.54, 1.807) is 4.52 Å². The second kappa shape index (κ2) is 6.54. The van der Waals surface area contributed by atoms with Crippen LogP contribution in [0.15, 0.2) is 55.9 Å². The number of aromatic nitrogens is 4. The normalized spacial score (nSPS) is 12.1. The molecular weight excluding hydrogens is 426 g/mol. The number of sulfonamides is 1. The van der Waals surface area contributed by atoms with Crippen molar-refractivity contribution in [2.75, 3.05) is 4.72 Å². The minimum atomic E-state index is -3.97. The van der Waals surface area contributed by atoms with Crippen molar-refractivity contribution in [3.05, 3.63) is 63.5 Å². The number of aryl methyl sites for hydroxylation is 2. The predicted octanol–water partition coefficient (Wildman–Crippen LogP) is 3.31. The van der Waals surface area contributed by atoms with Crippen molar-refractivity contribution < 1.29 is 12.8 Å². The first-order valence-corrected chi connectivity index (χ1v) is 11.2. The summed E-state index contributed by atoms with van der Waals surface area (Å²) in [5, 5.41) is 6.27. The molecule has 0 fully saturated rings. The zero-order chi connectivity index (χ0) is 21.0. The lowest BCUT2D eigenvalue weighted by molar-refractivity contribution is 0.554. The summed E-state index contributed by atoms with van der Waals surface area (Å²) < 4.78 is 34.5. The molecule has 5 aromatic rings. The molecule has 0 atom stereocenters. The van der Waals surface area contributed by atoms with E-state index in [1.165, 1.54) is 29.5 Å². The van der Waals surface area contributed by atoms with Crippen LogP contribution >= 0.6 is 11.3 Å². The Labute approximate surface area is 174 Å². The standard InChI is InChI=1S/C19H15N5O4S2/c1-10-3-5-13(11(2)7-10)15-9-29-18-21-17(22-24(15)18)23-30(26,27)12-4-6-14-16(8-12)28-19(25)20-14/h3-9H,1-2H3,(H,20,25)(H,22,23). The summed E-state index contributed by atoms with van der Waals surface area (Å²) >= 11 is 1.37. The molecule has 0 unspecified atom stereocenters. The number of hydrogen-bond donors (Lipinski definition) is 2. The minimum Gasteiger partial charge on any atom is -0.408 e. The van der Waals surface area contributed by atoms with Crippen molar-refractivity contribution in [1.82, 2.24) is 19.6 Å². The number of oxazole rings is 1. The summed E-state index contributed by atoms with van der Waals surface area (Å²) in [4.78, 5) is 18.5. The van der Waals surface area contributed by atoms with E-state index in [0.29, 0.717) is 10.5 Å². The van der Waals surface area contributed by atoms with Gasteiger partial charge in [-0.2, -0.15) is 4.98 Å². The summed E-state index contributed by atoms with van der Waals surface area (Å²) in [6.07, 6.45) is 0. The third-order valence-corrected chi connectivity index (χ3v) is 6.81. The van der Waals surface area contributed by atoms with E-state index in [0.717, 1.165) is 22.4 Å². The Morgan fingerprint density at radius 2 is 2.00 bits per heavy atom. The summed E-state index contributed by atoms with van der Waals surface area (Å²) in [5.41, 5.74) is 4.65. The Morgan fingerprint density at radius 1 is 1.17 bits per heavy atom. The molecule has 3 heterocycles. The Bertz CT molecular complexity index is 1590. The first-order chi connectivity index (χ1) is 14.3. The summed E-state index contributed by atoms with van der Waals surface area (Å²) in [7, 11) is -3.97. The monoisotopic (exact) mass is 441 g/mol. The van der Waals surface area contributed by atoms with Gasteiger partial charge in [0.25, 0.3) is 16.0 Å². The molecule has 9 nitrogen and oxygen atoms in total. The summed E-state index contributed by atoms with van der Waals surface area (Å²) in [6, 6.07) is 10.2. The third-order valence-electron chi connectivity index (χ3n) is 4.67. The largest absolute Gasteiger partial charge is 0.417 e. The molecule has 152 valence electrons. The lowest BCUT2D eigenvalue weighted by atomic mass is 10.0. The second-order valence-corrected chi connectivity index (χ2v) is 9.37. The van der Waals surface area contributed by atoms with E-state index in [9.17, 15) is 13.2 Å². The third kappa shape index (κ3) is 3.08. The molecular formula is C19H15N5O4S2. The number of H-pyrrole nitrogens is 1. The van der Waals surface area contributed by atoms with Crippen LogP contribution in [0.4, 0.5) is 5.95 Å². The van der Waals surface area contributed by atoms with Crippen LogP contribution in [0, 0.1) is 13.8 Å². The van der Waals surface area contributed by atoms with E-state index in [1.807, 2.05) is 31.4 Å². The second-order valence-electron chi connectivity index (χ2n) is 6.85. The maximum absolute atomic E-state index is 12.8. The van der Waals surface area contributed by atoms with E-state index < -0.39 is 15.8 Å². The fourth-order valence-electron chi connectivity index (χ4n) is 3.28. The molecule has 3 aromatic heterocycles. The van der Waals surface area contributed by atoms with Gasteiger partial charge in [-0.25, -0.2) is 22.4 Å². The quantitative estimate of drug-likeness (QED) is 0.441. The van der Waals surface area contributed by atoms with Crippen molar-refractivity contribution in [3.8, 4) is 11.3 Å². The average Bonchev–Trinajstić information content (AvgIpc) is 3.34. The van der Waals surface area contributed by atoms with Gasteiger partial charge < -0.3 is 4.42 Å². The molecule has 0 spiro atoms. The Kier molecular flexibility index (Phi) is 4.05. The Balaban J connectivity index is 1.51. The molecule has 2 aromatic carbocycles. The molecule has 0 radical (unpaired) electrons. The van der Waals surface area contributed by atoms with Crippen LogP contribution in [-0.4, -0.2) is 28.0 Å². The number of anilines is 1. The van der Waals surface area contributed by atoms with Crippen LogP contribution in [0.3, 0.4) is 0 Å². The highest BCUT2D eigenvalue weighted by atomic mass is 32.2. The number of rotatable bonds is 4. The molecule has 5 rings (SSSR count). The van der Waals surface area contributed by atoms with E-state index >= 15 is 0 Å². The lowest BCUT2D eigenvalue weighted by Gasteiger charge is -2.05. The summed E-state index contributed by atoms with van der Waals surface area (Å²) in [6.45, 7) is 4.04. The number of fused-ring (bicyclic) bond motifs is 2. The molecule has 11 heteroatoms. The molecule has 30 heavy (non-hydrogen) atoms. The van der Waals surface area contributed by atoms with Crippen molar-refractivity contribution in [1.29, 1.82) is 0 Å². The van der Waals surface area contributed by atoms with E-state index in [4.69, 9.17) is 4.42 Å². The molecule has 0 aliphatic carbocycles. The fraction of sp³-hybridized carbons (Fsp3) is 0.105. The zero-order valence-corrected chi connectivity index (χ0v) is 17.5. The van der Waals surface area contributed by atoms with Gasteiger partial charge in [-0.15, -0.1) is 16.4 Å². The Hall–Kier alpha value is -3.44. The van der Waals surface area contributed by atoms with Crippen LogP contribution in [-0.2, 0) is 10.0 Å². The highest BCUT2D eigenvalue weighted by molar-refractivity contribution is 7.92. The van der Waals surface area contributed by atoms with Crippen LogP contribution in [0.2, 0.25) is 0 Å². The molecule has 0 bridgehead atoms. The first kappa shape index (κ1) is 18.6. The van der Waals surface area contributed by atoms with Crippen molar-refractivity contribution in [3.63, 3.8) is 0 Å². The predicted molar refractivity (Wildman–Crippen MR) is 113 cm³/mol. The Morgan fingerprint density at radius 3 is 2.80 bits per heavy atom. The van der Waals surface area contributed by atoms with Crippen molar-refractivity contribution >= 4 is 43.4 Å². The number of nitrogens with one attached hydrogen (secondary N) is 2. The zero-order valence-electron chi connectivity index (χ0n) is 15.8. The van der Waals surface area contributed by atoms with Gasteiger partial charge in [-0.1, -0.05) is 23.8 Å². The van der Waals surface area contributed by atoms with Gasteiger partial charge in [0.05, 0.1) is 16.1 Å². The molecule has 0 aliphatic rings. The van der Waals surface area contributed by atoms with Gasteiger partial charge in [-0.3, -0.25) is 4.98 Å². The van der Waals surface area contributed by atoms with Gasteiger partial charge in [0.1, 0.15) is 0 Å². The summed E-state index contributed by atoms with van der Waals surface area (Å²) in [5.74, 6) is -0.689. The van der Waals surface area contributed by atoms with Crippen LogP contribution in [0.5, 0.6) is 0 Å². The maximum atomic E-state index is 12.8. The molecule has 0 saturated carbocycles. The molecule has 0 amide bonds. The number of benzene rings is 2. The SMILES string of the molecule is Cc1ccc(-c2csc3nc(NS(=O)(=O)c4ccc5[nH]c(=O)oc5c4)nn23)c(C)c1. The van der Waals surface area contributed by atoms with Gasteiger partial charge in [0, 0.05) is 17.0 Å². The van der Waals surface area contributed by atoms with E-state index in [-0.39, 0.29) is 16.4 Å². The topological polar surface area (TPSA) is 122 Å². The number of nitrogens with zero attached hydrogens (tertiary/aromatic N) is 3. The van der Waals surface area contributed by atoms with Crippen LogP contribution in [0.25, 0.3) is 27.3 Å². The molecule has 0 aliphatic heterocycles. The first-order valence-electron chi connectivity index (χ1n) is 8.88. The van der Waals surface area contributed by atoms with Gasteiger partial charge >= 0.3 is 5.76 Å². The number of hydrogen-bond acceptors (Lipinski definition) is 7. The average molecular weight is 441 g/mol. The number of aromatic amines is 1. The fourth-order valence-corrected chi connectivity index (χ4v) is 5.06. The maximum Gasteiger partial charge on any atom is 0.417 e. The highest BCUT2D eigenvalue weighted by Crippen LogP contribution is 2.29. The highest BCUT2D eigenvalue weighted by Gasteiger charge is 2.20.